The molecule has 0 aliphatic rings. The molecule has 0 unspecified atom stereocenters. The third-order valence-electron chi connectivity index (χ3n) is 3.74. The first-order valence-corrected chi connectivity index (χ1v) is 10.4. The van der Waals surface area contributed by atoms with Crippen LogP contribution in [0, 0.1) is 0 Å². The molecule has 0 saturated heterocycles. The molecule has 0 saturated carbocycles. The molecule has 0 bridgehead atoms. The lowest BCUT2D eigenvalue weighted by Crippen LogP contribution is -2.32. The molecule has 0 aliphatic heterocycles. The highest BCUT2D eigenvalue weighted by atomic mass is 16.4. The van der Waals surface area contributed by atoms with Crippen LogP contribution in [-0.4, -0.2) is 81.8 Å². The number of rotatable bonds is 16. The van der Waals surface area contributed by atoms with E-state index in [0.717, 1.165) is 38.5 Å². The summed E-state index contributed by atoms with van der Waals surface area (Å²) in [6, 6.07) is 0. The fourth-order valence-electron chi connectivity index (χ4n) is 2.17. The van der Waals surface area contributed by atoms with Gasteiger partial charge in [-0.2, -0.15) is 0 Å². The number of hydrogen-bond acceptors (Lipinski definition) is 6. The number of carbonyl (C=O) groups is 2. The van der Waals surface area contributed by atoms with Crippen molar-refractivity contribution in [3.05, 3.63) is 0 Å². The number of hydrogen-bond donors (Lipinski definition) is 5. The van der Waals surface area contributed by atoms with Gasteiger partial charge in [0.05, 0.1) is 19.8 Å². The van der Waals surface area contributed by atoms with Crippen LogP contribution in [0.1, 0.15) is 78.1 Å². The summed E-state index contributed by atoms with van der Waals surface area (Å²) in [4.78, 5) is 21.7. The largest absolute Gasteiger partial charge is 0.481 e. The van der Waals surface area contributed by atoms with E-state index >= 15 is 0 Å². The Morgan fingerprint density at radius 3 is 1.14 bits per heavy atom. The van der Waals surface area contributed by atoms with Gasteiger partial charge in [0.15, 0.2) is 0 Å². The smallest absolute Gasteiger partial charge is 0.303 e. The Kier molecular flexibility index (Phi) is 31.5. The summed E-state index contributed by atoms with van der Waals surface area (Å²) in [6.07, 6.45) is 9.11. The second kappa shape index (κ2) is 28.0. The van der Waals surface area contributed by atoms with Gasteiger partial charge < -0.3 is 25.5 Å². The van der Waals surface area contributed by atoms with Crippen LogP contribution in [0.25, 0.3) is 0 Å². The zero-order valence-electron chi connectivity index (χ0n) is 17.8. The van der Waals surface area contributed by atoms with Crippen molar-refractivity contribution in [3.8, 4) is 0 Å². The second-order valence-corrected chi connectivity index (χ2v) is 6.42. The number of nitrogens with zero attached hydrogens (tertiary/aromatic N) is 1. The van der Waals surface area contributed by atoms with Gasteiger partial charge in [-0.05, 0) is 12.8 Å². The Bertz CT molecular complexity index is 291. The van der Waals surface area contributed by atoms with E-state index in [1.54, 1.807) is 4.90 Å². The zero-order chi connectivity index (χ0) is 22.0. The summed E-state index contributed by atoms with van der Waals surface area (Å²) in [7, 11) is 0. The molecule has 0 heterocycles. The Hall–Kier alpha value is -1.22. The molecule has 0 atom stereocenters. The van der Waals surface area contributed by atoms with Crippen LogP contribution >= 0.6 is 0 Å². The predicted molar refractivity (Wildman–Crippen MR) is 110 cm³/mol. The molecule has 0 aromatic rings. The minimum absolute atomic E-state index is 0.0694. The van der Waals surface area contributed by atoms with E-state index in [0.29, 0.717) is 32.5 Å². The average Bonchev–Trinajstić information content (AvgIpc) is 2.64. The van der Waals surface area contributed by atoms with E-state index in [1.165, 1.54) is 12.8 Å². The molecule has 0 spiro atoms. The lowest BCUT2D eigenvalue weighted by Gasteiger charge is -2.17. The van der Waals surface area contributed by atoms with E-state index in [4.69, 9.17) is 25.5 Å². The maximum atomic E-state index is 9.96. The highest BCUT2D eigenvalue weighted by Gasteiger charge is 2.00. The van der Waals surface area contributed by atoms with Crippen LogP contribution in [0.4, 0.5) is 0 Å². The number of carboxylic acids is 2. The van der Waals surface area contributed by atoms with E-state index in [-0.39, 0.29) is 19.8 Å². The highest BCUT2D eigenvalue weighted by Crippen LogP contribution is 2.02. The molecule has 0 aliphatic carbocycles. The molecule has 0 rings (SSSR count). The Morgan fingerprint density at radius 1 is 0.607 bits per heavy atom. The Morgan fingerprint density at radius 2 is 0.929 bits per heavy atom. The standard InChI is InChI=1S/2C7H14O2.C6H15NO3/c2*1-2-3-4-5-6-7(8)9;8-4-1-7(2-5-9)3-6-10/h2*2-6H2,1H3,(H,8,9);8-10H,1-6H2. The molecule has 0 radical (unpaired) electrons. The second-order valence-electron chi connectivity index (χ2n) is 6.42. The van der Waals surface area contributed by atoms with E-state index in [2.05, 4.69) is 13.8 Å². The van der Waals surface area contributed by atoms with Crippen molar-refractivity contribution < 1.29 is 35.1 Å². The summed E-state index contributed by atoms with van der Waals surface area (Å²) < 4.78 is 0. The zero-order valence-corrected chi connectivity index (χ0v) is 17.8. The lowest BCUT2D eigenvalue weighted by atomic mass is 10.2. The first kappa shape index (κ1) is 31.5. The molecule has 5 N–H and O–H groups in total. The van der Waals surface area contributed by atoms with Crippen molar-refractivity contribution in [1.82, 2.24) is 4.90 Å². The van der Waals surface area contributed by atoms with Gasteiger partial charge in [-0.3, -0.25) is 14.5 Å². The van der Waals surface area contributed by atoms with Crippen LogP contribution in [0.15, 0.2) is 0 Å². The minimum Gasteiger partial charge on any atom is -0.481 e. The molecule has 0 aromatic heterocycles. The molecule has 0 fully saturated rings. The van der Waals surface area contributed by atoms with Gasteiger partial charge in [0.2, 0.25) is 0 Å². The Balaban J connectivity index is -0.000000336. The minimum atomic E-state index is -0.675. The normalized spacial score (nSPS) is 9.93. The van der Waals surface area contributed by atoms with Gasteiger partial charge in [0.25, 0.3) is 0 Å². The van der Waals surface area contributed by atoms with Crippen LogP contribution < -0.4 is 0 Å². The fraction of sp³-hybridized carbons (Fsp3) is 0.900. The summed E-state index contributed by atoms with van der Waals surface area (Å²) in [6.45, 7) is 5.98. The van der Waals surface area contributed by atoms with Crippen molar-refractivity contribution in [2.45, 2.75) is 78.1 Å². The SMILES string of the molecule is CCCCCCC(=O)O.CCCCCCC(=O)O.OCCN(CCO)CCO. The van der Waals surface area contributed by atoms with Crippen LogP contribution in [0.3, 0.4) is 0 Å². The number of aliphatic hydroxyl groups excluding tert-OH is 3. The number of unbranched alkanes of at least 4 members (excludes halogenated alkanes) is 6. The molecule has 8 heteroatoms. The maximum absolute atomic E-state index is 9.96. The molecule has 0 aromatic carbocycles. The summed E-state index contributed by atoms with van der Waals surface area (Å²) in [5.41, 5.74) is 0. The molecule has 28 heavy (non-hydrogen) atoms. The van der Waals surface area contributed by atoms with Crippen LogP contribution in [0.5, 0.6) is 0 Å². The van der Waals surface area contributed by atoms with Gasteiger partial charge in [-0.1, -0.05) is 52.4 Å². The van der Waals surface area contributed by atoms with Crippen molar-refractivity contribution in [1.29, 1.82) is 0 Å². The molecular formula is C20H43NO7. The van der Waals surface area contributed by atoms with E-state index in [1.807, 2.05) is 0 Å². The van der Waals surface area contributed by atoms with E-state index < -0.39 is 11.9 Å². The summed E-state index contributed by atoms with van der Waals surface area (Å²) >= 11 is 0. The van der Waals surface area contributed by atoms with Gasteiger partial charge in [-0.15, -0.1) is 0 Å². The summed E-state index contributed by atoms with van der Waals surface area (Å²) in [5.74, 6) is -1.35. The van der Waals surface area contributed by atoms with Gasteiger partial charge in [0.1, 0.15) is 0 Å². The maximum Gasteiger partial charge on any atom is 0.303 e. The number of aliphatic hydroxyl groups is 3. The first-order valence-electron chi connectivity index (χ1n) is 10.4. The average molecular weight is 410 g/mol. The van der Waals surface area contributed by atoms with Gasteiger partial charge in [0, 0.05) is 32.5 Å². The van der Waals surface area contributed by atoms with Gasteiger partial charge >= 0.3 is 11.9 Å². The van der Waals surface area contributed by atoms with E-state index in [9.17, 15) is 9.59 Å². The molecule has 170 valence electrons. The number of carboxylic acid groups (broad SMARTS) is 2. The molecule has 0 amide bonds. The number of aliphatic carboxylic acids is 2. The molecule has 8 nitrogen and oxygen atoms in total. The predicted octanol–water partition coefficient (Wildman–Crippen LogP) is 2.35. The Labute approximate surface area is 170 Å². The molecular weight excluding hydrogens is 366 g/mol. The fourth-order valence-corrected chi connectivity index (χ4v) is 2.17. The van der Waals surface area contributed by atoms with Crippen molar-refractivity contribution in [2.75, 3.05) is 39.5 Å². The summed E-state index contributed by atoms with van der Waals surface area (Å²) in [5, 5.41) is 41.9. The van der Waals surface area contributed by atoms with Crippen molar-refractivity contribution in [3.63, 3.8) is 0 Å². The van der Waals surface area contributed by atoms with Crippen molar-refractivity contribution >= 4 is 11.9 Å². The monoisotopic (exact) mass is 409 g/mol. The highest BCUT2D eigenvalue weighted by molar-refractivity contribution is 5.66. The first-order chi connectivity index (χ1) is 13.4. The quantitative estimate of drug-likeness (QED) is 0.245. The van der Waals surface area contributed by atoms with Gasteiger partial charge in [-0.25, -0.2) is 0 Å². The lowest BCUT2D eigenvalue weighted by molar-refractivity contribution is -0.138. The third-order valence-corrected chi connectivity index (χ3v) is 3.74. The van der Waals surface area contributed by atoms with Crippen LogP contribution in [0.2, 0.25) is 0 Å². The topological polar surface area (TPSA) is 139 Å². The third kappa shape index (κ3) is 35.8. The van der Waals surface area contributed by atoms with Crippen molar-refractivity contribution in [2.24, 2.45) is 0 Å². The van der Waals surface area contributed by atoms with Crippen LogP contribution in [-0.2, 0) is 9.59 Å².